The van der Waals surface area contributed by atoms with Gasteiger partial charge >= 0.3 is 0 Å². The number of alkyl halides is 2. The molecular weight excluding hydrogens is 532 g/mol. The summed E-state index contributed by atoms with van der Waals surface area (Å²) >= 11 is 0. The summed E-state index contributed by atoms with van der Waals surface area (Å²) in [6.45, 7) is 2.03. The van der Waals surface area contributed by atoms with Gasteiger partial charge in [-0.15, -0.1) is 0 Å². The van der Waals surface area contributed by atoms with E-state index in [0.29, 0.717) is 24.3 Å². The highest BCUT2D eigenvalue weighted by Crippen LogP contribution is 2.45. The molecule has 3 atom stereocenters. The Labute approximate surface area is 238 Å². The van der Waals surface area contributed by atoms with Crippen molar-refractivity contribution in [1.29, 1.82) is 0 Å². The molecule has 1 saturated heterocycles. The van der Waals surface area contributed by atoms with Gasteiger partial charge in [-0.25, -0.2) is 17.6 Å². The Balaban J connectivity index is 1.24. The smallest absolute Gasteiger partial charge is 0.251 e. The number of piperidine rings is 1. The highest BCUT2D eigenvalue weighted by atomic mass is 19.3. The first-order valence-corrected chi connectivity index (χ1v) is 14.6. The Hall–Kier alpha value is -3.10. The van der Waals surface area contributed by atoms with Crippen LogP contribution in [0.2, 0.25) is 0 Å². The first kappa shape index (κ1) is 28.0. The van der Waals surface area contributed by atoms with Gasteiger partial charge in [0.25, 0.3) is 6.43 Å². The molecule has 3 unspecified atom stereocenters. The van der Waals surface area contributed by atoms with Crippen LogP contribution in [-0.2, 0) is 13.0 Å². The lowest BCUT2D eigenvalue weighted by atomic mass is 9.79. The Bertz CT molecular complexity index is 1320. The van der Waals surface area contributed by atoms with E-state index in [2.05, 4.69) is 5.32 Å². The predicted molar refractivity (Wildman–Crippen MR) is 150 cm³/mol. The van der Waals surface area contributed by atoms with Gasteiger partial charge in [0.2, 0.25) is 0 Å². The van der Waals surface area contributed by atoms with E-state index in [1.54, 1.807) is 12.1 Å². The van der Waals surface area contributed by atoms with Gasteiger partial charge in [-0.1, -0.05) is 36.4 Å². The second-order valence-electron chi connectivity index (χ2n) is 11.7. The molecule has 0 bridgehead atoms. The summed E-state index contributed by atoms with van der Waals surface area (Å²) in [7, 11) is 0. The molecule has 0 radical (unpaired) electrons. The normalized spacial score (nSPS) is 24.5. The molecule has 0 amide bonds. The summed E-state index contributed by atoms with van der Waals surface area (Å²) in [5.41, 5.74) is 2.43. The summed E-state index contributed by atoms with van der Waals surface area (Å²) in [4.78, 5) is 1.47. The quantitative estimate of drug-likeness (QED) is 0.295. The summed E-state index contributed by atoms with van der Waals surface area (Å²) in [6.07, 6.45) is 2.75. The van der Waals surface area contributed by atoms with E-state index in [9.17, 15) is 8.78 Å². The Morgan fingerprint density at radius 1 is 0.976 bits per heavy atom. The molecule has 1 spiro atoms. The second kappa shape index (κ2) is 12.0. The zero-order valence-electron chi connectivity index (χ0n) is 23.1. The first-order chi connectivity index (χ1) is 19.9. The standard InChI is InChI=1S/C33H36F4N2O2/c34-28-16-26(41-25-9-12-33(18-25)11-4-13-38-21-33)17-29(35)31(28)32-27-8-7-24(40-20-22-5-2-1-3-6-22)15-23(27)10-14-39(32)19-30(36)37/h1-3,5-8,15-17,25,30,32,38H,4,9-14,18-21H2. The fourth-order valence-corrected chi connectivity index (χ4v) is 6.95. The molecule has 2 heterocycles. The summed E-state index contributed by atoms with van der Waals surface area (Å²) in [5, 5.41) is 3.47. The third-order valence-electron chi connectivity index (χ3n) is 8.91. The zero-order chi connectivity index (χ0) is 28.4. The molecule has 3 aromatic carbocycles. The maximum atomic E-state index is 15.7. The fraction of sp³-hybridized carbons (Fsp3) is 0.455. The lowest BCUT2D eigenvalue weighted by molar-refractivity contribution is 0.0685. The summed E-state index contributed by atoms with van der Waals surface area (Å²) < 4.78 is 70.7. The van der Waals surface area contributed by atoms with Crippen LogP contribution in [0.25, 0.3) is 0 Å². The minimum Gasteiger partial charge on any atom is -0.490 e. The monoisotopic (exact) mass is 568 g/mol. The van der Waals surface area contributed by atoms with Gasteiger partial charge in [0.05, 0.1) is 18.7 Å². The highest BCUT2D eigenvalue weighted by Gasteiger charge is 2.41. The number of nitrogens with one attached hydrogen (secondary N) is 1. The average Bonchev–Trinajstić information content (AvgIpc) is 3.34. The maximum absolute atomic E-state index is 15.7. The molecule has 1 saturated carbocycles. The van der Waals surface area contributed by atoms with Gasteiger partial charge in [0.15, 0.2) is 0 Å². The lowest BCUT2D eigenvalue weighted by Crippen LogP contribution is -2.40. The Kier molecular flexibility index (Phi) is 8.22. The van der Waals surface area contributed by atoms with Crippen LogP contribution >= 0.6 is 0 Å². The van der Waals surface area contributed by atoms with Crippen molar-refractivity contribution >= 4 is 0 Å². The topological polar surface area (TPSA) is 33.7 Å². The van der Waals surface area contributed by atoms with Crippen molar-refractivity contribution in [3.05, 3.63) is 94.6 Å². The van der Waals surface area contributed by atoms with E-state index in [1.807, 2.05) is 36.4 Å². The predicted octanol–water partition coefficient (Wildman–Crippen LogP) is 7.06. The van der Waals surface area contributed by atoms with E-state index < -0.39 is 30.6 Å². The number of rotatable bonds is 8. The minimum absolute atomic E-state index is 0.0976. The number of nitrogens with zero attached hydrogens (tertiary/aromatic N) is 1. The van der Waals surface area contributed by atoms with Gasteiger partial charge in [-0.05, 0) is 79.3 Å². The number of hydrogen-bond donors (Lipinski definition) is 1. The van der Waals surface area contributed by atoms with Gasteiger partial charge < -0.3 is 14.8 Å². The van der Waals surface area contributed by atoms with Gasteiger partial charge in [0.1, 0.15) is 29.7 Å². The number of hydrogen-bond acceptors (Lipinski definition) is 4. The van der Waals surface area contributed by atoms with E-state index in [-0.39, 0.29) is 29.4 Å². The largest absolute Gasteiger partial charge is 0.490 e. The van der Waals surface area contributed by atoms with Crippen molar-refractivity contribution in [2.45, 2.75) is 63.7 Å². The number of ether oxygens (including phenoxy) is 2. The van der Waals surface area contributed by atoms with E-state index in [0.717, 1.165) is 56.3 Å². The van der Waals surface area contributed by atoms with E-state index >= 15 is 8.78 Å². The SMILES string of the molecule is Fc1cc(OC2CCC3(CCCNC3)C2)cc(F)c1C1c2ccc(OCc3ccccc3)cc2CCN1CC(F)F. The molecule has 8 heteroatoms. The van der Waals surface area contributed by atoms with Gasteiger partial charge in [0, 0.05) is 30.8 Å². The van der Waals surface area contributed by atoms with E-state index in [4.69, 9.17) is 9.47 Å². The summed E-state index contributed by atoms with van der Waals surface area (Å²) in [6, 6.07) is 16.5. The van der Waals surface area contributed by atoms with Crippen LogP contribution in [0, 0.1) is 17.0 Å². The third-order valence-corrected chi connectivity index (χ3v) is 8.91. The molecule has 1 N–H and O–H groups in total. The molecule has 6 rings (SSSR count). The lowest BCUT2D eigenvalue weighted by Gasteiger charge is -2.38. The van der Waals surface area contributed by atoms with Crippen molar-refractivity contribution in [2.75, 3.05) is 26.2 Å². The number of fused-ring (bicyclic) bond motifs is 1. The van der Waals surface area contributed by atoms with Crippen LogP contribution in [0.4, 0.5) is 17.6 Å². The average molecular weight is 569 g/mol. The molecule has 3 aliphatic rings. The van der Waals surface area contributed by atoms with Crippen molar-refractivity contribution in [3.8, 4) is 11.5 Å². The fourth-order valence-electron chi connectivity index (χ4n) is 6.95. The number of halogens is 4. The molecule has 3 aromatic rings. The molecule has 2 aliphatic heterocycles. The van der Waals surface area contributed by atoms with Gasteiger partial charge in [-0.2, -0.15) is 0 Å². The highest BCUT2D eigenvalue weighted by molar-refractivity contribution is 5.46. The molecule has 2 fully saturated rings. The van der Waals surface area contributed by atoms with Crippen LogP contribution in [0.5, 0.6) is 11.5 Å². The minimum atomic E-state index is -2.63. The maximum Gasteiger partial charge on any atom is 0.251 e. The Morgan fingerprint density at radius 3 is 2.51 bits per heavy atom. The van der Waals surface area contributed by atoms with Crippen LogP contribution < -0.4 is 14.8 Å². The van der Waals surface area contributed by atoms with Crippen molar-refractivity contribution in [2.24, 2.45) is 5.41 Å². The Morgan fingerprint density at radius 2 is 1.78 bits per heavy atom. The zero-order valence-corrected chi connectivity index (χ0v) is 23.1. The molecule has 4 nitrogen and oxygen atoms in total. The third kappa shape index (κ3) is 6.24. The van der Waals surface area contributed by atoms with Gasteiger partial charge in [-0.3, -0.25) is 4.90 Å². The molecular formula is C33H36F4N2O2. The molecule has 218 valence electrons. The summed E-state index contributed by atoms with van der Waals surface area (Å²) in [5.74, 6) is -0.793. The van der Waals surface area contributed by atoms with Crippen molar-refractivity contribution in [3.63, 3.8) is 0 Å². The molecule has 41 heavy (non-hydrogen) atoms. The van der Waals surface area contributed by atoms with Crippen molar-refractivity contribution < 1.29 is 27.0 Å². The van der Waals surface area contributed by atoms with Crippen molar-refractivity contribution in [1.82, 2.24) is 10.2 Å². The molecule has 0 aromatic heterocycles. The second-order valence-corrected chi connectivity index (χ2v) is 11.7. The van der Waals surface area contributed by atoms with Crippen LogP contribution in [-0.4, -0.2) is 43.6 Å². The number of benzene rings is 3. The molecule has 1 aliphatic carbocycles. The first-order valence-electron chi connectivity index (χ1n) is 14.6. The van der Waals surface area contributed by atoms with E-state index in [1.165, 1.54) is 17.0 Å². The van der Waals surface area contributed by atoms with Crippen LogP contribution in [0.3, 0.4) is 0 Å². The van der Waals surface area contributed by atoms with Crippen LogP contribution in [0.1, 0.15) is 60.4 Å². The van der Waals surface area contributed by atoms with Crippen LogP contribution in [0.15, 0.2) is 60.7 Å².